The molecule has 0 unspecified atom stereocenters. The van der Waals surface area contributed by atoms with Crippen molar-refractivity contribution in [2.75, 3.05) is 37.3 Å². The van der Waals surface area contributed by atoms with Crippen LogP contribution in [0.1, 0.15) is 43.0 Å². The summed E-state index contributed by atoms with van der Waals surface area (Å²) in [7, 11) is -3.68. The molecule has 2 aliphatic rings. The average Bonchev–Trinajstić information content (AvgIpc) is 2.83. The van der Waals surface area contributed by atoms with Crippen molar-refractivity contribution in [1.29, 1.82) is 0 Å². The largest absolute Gasteiger partial charge is 0.391 e. The number of sulfone groups is 1. The van der Waals surface area contributed by atoms with Gasteiger partial charge in [-0.1, -0.05) is 30.9 Å². The van der Waals surface area contributed by atoms with Crippen molar-refractivity contribution in [3.63, 3.8) is 0 Å². The summed E-state index contributed by atoms with van der Waals surface area (Å²) in [6, 6.07) is 4.51. The van der Waals surface area contributed by atoms with Crippen LogP contribution in [0.5, 0.6) is 0 Å². The average molecular weight is 540 g/mol. The molecule has 1 saturated heterocycles. The first-order chi connectivity index (χ1) is 17.3. The molecule has 0 bridgehead atoms. The Morgan fingerprint density at radius 3 is 2.41 bits per heavy atom. The number of amides is 1. The van der Waals surface area contributed by atoms with Crippen LogP contribution in [0.3, 0.4) is 0 Å². The zero-order chi connectivity index (χ0) is 27.4. The molecule has 1 aromatic rings. The van der Waals surface area contributed by atoms with Crippen LogP contribution in [0.25, 0.3) is 0 Å². The quantitative estimate of drug-likeness (QED) is 0.483. The molecule has 1 heterocycles. The number of hydrogen-bond donors (Lipinski definition) is 1. The zero-order valence-electron chi connectivity index (χ0n) is 21.4. The van der Waals surface area contributed by atoms with Crippen molar-refractivity contribution < 1.29 is 26.4 Å². The fourth-order valence-electron chi connectivity index (χ4n) is 5.25. The van der Waals surface area contributed by atoms with Crippen molar-refractivity contribution in [2.24, 2.45) is 17.6 Å². The van der Waals surface area contributed by atoms with E-state index in [1.165, 1.54) is 12.1 Å². The summed E-state index contributed by atoms with van der Waals surface area (Å²) >= 11 is 0. The lowest BCUT2D eigenvalue weighted by Crippen LogP contribution is -2.55. The second kappa shape index (κ2) is 11.9. The van der Waals surface area contributed by atoms with E-state index in [2.05, 4.69) is 16.4 Å². The fourth-order valence-corrected chi connectivity index (χ4v) is 6.15. The number of allylic oxidation sites excluding steroid dienone is 3. The molecule has 204 valence electrons. The number of nitrogens with two attached hydrogens (primary N) is 1. The number of piperazine rings is 1. The van der Waals surface area contributed by atoms with E-state index in [1.807, 2.05) is 31.2 Å². The number of primary amides is 1. The molecule has 1 aromatic carbocycles. The molecular formula is C27H36F3N3O3S. The van der Waals surface area contributed by atoms with Crippen LogP contribution in [0.15, 0.2) is 59.6 Å². The number of nitrogens with zero attached hydrogens (tertiary/aromatic N) is 2. The molecule has 0 radical (unpaired) electrons. The number of alkyl halides is 3. The van der Waals surface area contributed by atoms with Crippen molar-refractivity contribution in [2.45, 2.75) is 49.7 Å². The number of hydrogen-bond acceptors (Lipinski definition) is 5. The SMILES string of the molecule is C=C(/C=C\C=C/C)[C@@H]1CN(c2ccc(C(N)=O)c(S(C)(=O)=O)c2)CCN1CC1CCC(C(F)(F)F)CC1. The van der Waals surface area contributed by atoms with Crippen LogP contribution in [-0.4, -0.2) is 63.9 Å². The van der Waals surface area contributed by atoms with Crippen LogP contribution in [-0.2, 0) is 9.84 Å². The molecule has 0 spiro atoms. The Balaban J connectivity index is 1.81. The minimum absolute atomic E-state index is 0.0467. The first-order valence-corrected chi connectivity index (χ1v) is 14.4. The van der Waals surface area contributed by atoms with E-state index in [0.717, 1.165) is 11.8 Å². The van der Waals surface area contributed by atoms with Gasteiger partial charge in [0.1, 0.15) is 0 Å². The number of rotatable bonds is 8. The third-order valence-corrected chi connectivity index (χ3v) is 8.47. The number of halogens is 3. The van der Waals surface area contributed by atoms with Crippen LogP contribution < -0.4 is 10.6 Å². The van der Waals surface area contributed by atoms with E-state index < -0.39 is 27.8 Å². The first-order valence-electron chi connectivity index (χ1n) is 12.5. The molecule has 6 nitrogen and oxygen atoms in total. The van der Waals surface area contributed by atoms with Gasteiger partial charge in [0.25, 0.3) is 0 Å². The molecule has 10 heteroatoms. The molecule has 1 aliphatic carbocycles. The van der Waals surface area contributed by atoms with E-state index in [0.29, 0.717) is 44.7 Å². The lowest BCUT2D eigenvalue weighted by molar-refractivity contribution is -0.184. The number of anilines is 1. The van der Waals surface area contributed by atoms with E-state index in [4.69, 9.17) is 5.73 Å². The summed E-state index contributed by atoms with van der Waals surface area (Å²) in [5, 5.41) is 0. The van der Waals surface area contributed by atoms with Crippen LogP contribution in [0.2, 0.25) is 0 Å². The van der Waals surface area contributed by atoms with E-state index in [-0.39, 0.29) is 35.3 Å². The molecule has 3 rings (SSSR count). The van der Waals surface area contributed by atoms with Gasteiger partial charge in [-0.25, -0.2) is 8.42 Å². The Morgan fingerprint density at radius 2 is 1.84 bits per heavy atom. The Labute approximate surface area is 217 Å². The van der Waals surface area contributed by atoms with E-state index in [9.17, 15) is 26.4 Å². The summed E-state index contributed by atoms with van der Waals surface area (Å²) < 4.78 is 64.0. The summed E-state index contributed by atoms with van der Waals surface area (Å²) in [6.45, 7) is 8.63. The maximum atomic E-state index is 13.1. The van der Waals surface area contributed by atoms with Crippen LogP contribution >= 0.6 is 0 Å². The predicted molar refractivity (Wildman–Crippen MR) is 140 cm³/mol. The summed E-state index contributed by atoms with van der Waals surface area (Å²) in [5.74, 6) is -1.83. The maximum Gasteiger partial charge on any atom is 0.391 e. The molecule has 37 heavy (non-hydrogen) atoms. The van der Waals surface area contributed by atoms with Gasteiger partial charge in [-0.2, -0.15) is 13.2 Å². The highest BCUT2D eigenvalue weighted by Gasteiger charge is 2.42. The van der Waals surface area contributed by atoms with Gasteiger partial charge in [0.2, 0.25) is 5.91 Å². The minimum atomic E-state index is -4.13. The highest BCUT2D eigenvalue weighted by Crippen LogP contribution is 2.40. The Kier molecular flexibility index (Phi) is 9.28. The summed E-state index contributed by atoms with van der Waals surface area (Å²) in [6.07, 6.45) is 5.98. The van der Waals surface area contributed by atoms with E-state index >= 15 is 0 Å². The summed E-state index contributed by atoms with van der Waals surface area (Å²) in [4.78, 5) is 16.0. The third kappa shape index (κ3) is 7.47. The Bertz CT molecular complexity index is 1150. The standard InChI is InChI=1S/C27H36F3N3O3S/c1-4-5-6-7-19(2)24-18-32(22-12-13-23(26(31)34)25(16-22)37(3,35)36)14-15-33(24)17-20-8-10-21(11-9-20)27(28,29)30/h4-7,12-13,16,20-21,24H,2,8-11,14-15,17-18H2,1,3H3,(H2,31,34)/b5-4-,7-6-/t20?,21?,24-/m0/s1. The highest BCUT2D eigenvalue weighted by molar-refractivity contribution is 7.90. The second-order valence-electron chi connectivity index (χ2n) is 9.99. The van der Waals surface area contributed by atoms with Crippen molar-refractivity contribution in [3.8, 4) is 0 Å². The molecule has 2 N–H and O–H groups in total. The second-order valence-corrected chi connectivity index (χ2v) is 12.0. The fraction of sp³-hybridized carbons (Fsp3) is 0.519. The molecule has 1 saturated carbocycles. The number of carbonyl (C=O) groups is 1. The van der Waals surface area contributed by atoms with Gasteiger partial charge in [0.15, 0.2) is 9.84 Å². The van der Waals surface area contributed by atoms with Crippen molar-refractivity contribution in [3.05, 3.63) is 60.2 Å². The Morgan fingerprint density at radius 1 is 1.16 bits per heavy atom. The van der Waals surface area contributed by atoms with Crippen LogP contribution in [0.4, 0.5) is 18.9 Å². The molecule has 1 aliphatic heterocycles. The summed E-state index contributed by atoms with van der Waals surface area (Å²) in [5.41, 5.74) is 6.86. The Hall–Kier alpha value is -2.59. The molecule has 1 amide bonds. The van der Waals surface area contributed by atoms with Crippen LogP contribution in [0, 0.1) is 11.8 Å². The first kappa shape index (κ1) is 29.0. The zero-order valence-corrected chi connectivity index (χ0v) is 22.2. The van der Waals surface area contributed by atoms with Crippen molar-refractivity contribution in [1.82, 2.24) is 4.90 Å². The predicted octanol–water partition coefficient (Wildman–Crippen LogP) is 4.74. The van der Waals surface area contributed by atoms with Gasteiger partial charge >= 0.3 is 6.18 Å². The van der Waals surface area contributed by atoms with Gasteiger partial charge in [-0.15, -0.1) is 0 Å². The van der Waals surface area contributed by atoms with Gasteiger partial charge in [-0.3, -0.25) is 9.69 Å². The smallest absolute Gasteiger partial charge is 0.368 e. The number of carbonyl (C=O) groups excluding carboxylic acids is 1. The normalized spacial score (nSPS) is 24.1. The minimum Gasteiger partial charge on any atom is -0.368 e. The molecule has 1 atom stereocenters. The molecule has 2 fully saturated rings. The van der Waals surface area contributed by atoms with E-state index in [1.54, 1.807) is 6.07 Å². The van der Waals surface area contributed by atoms with Gasteiger partial charge < -0.3 is 10.6 Å². The third-order valence-electron chi connectivity index (χ3n) is 7.33. The van der Waals surface area contributed by atoms with Gasteiger partial charge in [-0.05, 0) is 62.3 Å². The van der Waals surface area contributed by atoms with Crippen molar-refractivity contribution >= 4 is 21.4 Å². The van der Waals surface area contributed by atoms with Gasteiger partial charge in [0.05, 0.1) is 22.4 Å². The lowest BCUT2D eigenvalue weighted by atomic mass is 9.81. The van der Waals surface area contributed by atoms with Gasteiger partial charge in [0, 0.05) is 38.1 Å². The lowest BCUT2D eigenvalue weighted by Gasteiger charge is -2.45. The molecule has 0 aromatic heterocycles. The monoisotopic (exact) mass is 539 g/mol. The maximum absolute atomic E-state index is 13.1. The number of benzene rings is 1. The molecular weight excluding hydrogens is 503 g/mol. The highest BCUT2D eigenvalue weighted by atomic mass is 32.2. The topological polar surface area (TPSA) is 83.7 Å².